The quantitative estimate of drug-likeness (QED) is 0.735. The summed E-state index contributed by atoms with van der Waals surface area (Å²) in [6, 6.07) is 5.06. The Labute approximate surface area is 135 Å². The zero-order valence-corrected chi connectivity index (χ0v) is 13.5. The van der Waals surface area contributed by atoms with Crippen LogP contribution in [0.15, 0.2) is 18.2 Å². The predicted molar refractivity (Wildman–Crippen MR) is 83.9 cm³/mol. The standard InChI is InChI=1S/C14H13N5O3S/c1-7-6-8(2)19-14(15-7)17-11(18-19)12(20)16-10-5-4-9(23-10)13(21)22-3/h4-6H,1-3H3,(H,16,20). The van der Waals surface area contributed by atoms with Gasteiger partial charge in [-0.05, 0) is 32.0 Å². The first-order valence-corrected chi connectivity index (χ1v) is 7.50. The van der Waals surface area contributed by atoms with E-state index < -0.39 is 11.9 Å². The van der Waals surface area contributed by atoms with Crippen LogP contribution < -0.4 is 5.32 Å². The number of fused-ring (bicyclic) bond motifs is 1. The Morgan fingerprint density at radius 1 is 1.26 bits per heavy atom. The molecule has 0 radical (unpaired) electrons. The topological polar surface area (TPSA) is 98.5 Å². The van der Waals surface area contributed by atoms with E-state index in [0.717, 1.165) is 22.7 Å². The number of nitrogens with zero attached hydrogens (tertiary/aromatic N) is 4. The lowest BCUT2D eigenvalue weighted by atomic mass is 10.4. The Bertz CT molecular complexity index is 914. The molecular formula is C14H13N5O3S. The third kappa shape index (κ3) is 2.90. The molecule has 23 heavy (non-hydrogen) atoms. The van der Waals surface area contributed by atoms with Gasteiger partial charge in [-0.3, -0.25) is 4.79 Å². The molecular weight excluding hydrogens is 318 g/mol. The minimum Gasteiger partial charge on any atom is -0.465 e. The molecule has 3 heterocycles. The van der Waals surface area contributed by atoms with Gasteiger partial charge >= 0.3 is 5.97 Å². The molecule has 3 aromatic rings. The minimum atomic E-state index is -0.467. The highest BCUT2D eigenvalue weighted by molar-refractivity contribution is 7.18. The summed E-state index contributed by atoms with van der Waals surface area (Å²) in [5.74, 6) is -0.532. The van der Waals surface area contributed by atoms with Crippen molar-refractivity contribution < 1.29 is 14.3 Å². The van der Waals surface area contributed by atoms with Gasteiger partial charge in [0.05, 0.1) is 12.1 Å². The Morgan fingerprint density at radius 2 is 2.04 bits per heavy atom. The van der Waals surface area contributed by atoms with E-state index in [1.807, 2.05) is 19.9 Å². The van der Waals surface area contributed by atoms with Gasteiger partial charge < -0.3 is 10.1 Å². The Hall–Kier alpha value is -2.81. The third-order valence-corrected chi connectivity index (χ3v) is 4.03. The van der Waals surface area contributed by atoms with Crippen molar-refractivity contribution in [3.63, 3.8) is 0 Å². The Balaban J connectivity index is 1.84. The molecule has 118 valence electrons. The van der Waals surface area contributed by atoms with Gasteiger partial charge in [0, 0.05) is 11.4 Å². The van der Waals surface area contributed by atoms with Gasteiger partial charge in [0.25, 0.3) is 11.7 Å². The number of esters is 1. The average molecular weight is 331 g/mol. The van der Waals surface area contributed by atoms with Crippen LogP contribution in [0.4, 0.5) is 5.00 Å². The van der Waals surface area contributed by atoms with Crippen molar-refractivity contribution >= 4 is 34.0 Å². The second-order valence-corrected chi connectivity index (χ2v) is 5.88. The Morgan fingerprint density at radius 3 is 2.78 bits per heavy atom. The third-order valence-electron chi connectivity index (χ3n) is 3.05. The number of methoxy groups -OCH3 is 1. The van der Waals surface area contributed by atoms with Crippen molar-refractivity contribution in [2.45, 2.75) is 13.8 Å². The van der Waals surface area contributed by atoms with E-state index in [1.54, 1.807) is 12.1 Å². The predicted octanol–water partition coefficient (Wildman–Crippen LogP) is 1.84. The number of amides is 1. The maximum atomic E-state index is 12.2. The van der Waals surface area contributed by atoms with E-state index in [0.29, 0.717) is 15.7 Å². The molecule has 8 nitrogen and oxygen atoms in total. The molecule has 0 aliphatic heterocycles. The van der Waals surface area contributed by atoms with Gasteiger partial charge in [0.15, 0.2) is 0 Å². The highest BCUT2D eigenvalue weighted by Gasteiger charge is 2.17. The fraction of sp³-hybridized carbons (Fsp3) is 0.214. The number of aromatic nitrogens is 4. The van der Waals surface area contributed by atoms with Gasteiger partial charge in [-0.2, -0.15) is 4.98 Å². The SMILES string of the molecule is COC(=O)c1ccc(NC(=O)c2nc3nc(C)cc(C)n3n2)s1. The number of rotatable bonds is 3. The van der Waals surface area contributed by atoms with Crippen LogP contribution in [0.1, 0.15) is 31.7 Å². The van der Waals surface area contributed by atoms with Crippen LogP contribution in [0, 0.1) is 13.8 Å². The monoisotopic (exact) mass is 331 g/mol. The minimum absolute atomic E-state index is 0.0132. The van der Waals surface area contributed by atoms with Crippen LogP contribution in [0.5, 0.6) is 0 Å². The number of carbonyl (C=O) groups excluding carboxylic acids is 2. The van der Waals surface area contributed by atoms with E-state index in [2.05, 4.69) is 25.1 Å². The number of hydrogen-bond donors (Lipinski definition) is 1. The van der Waals surface area contributed by atoms with Crippen LogP contribution in [-0.2, 0) is 4.74 Å². The van der Waals surface area contributed by atoms with E-state index in [9.17, 15) is 9.59 Å². The molecule has 0 aromatic carbocycles. The van der Waals surface area contributed by atoms with Crippen molar-refractivity contribution in [3.05, 3.63) is 40.3 Å². The van der Waals surface area contributed by atoms with Crippen LogP contribution in [0.25, 0.3) is 5.78 Å². The van der Waals surface area contributed by atoms with Crippen LogP contribution >= 0.6 is 11.3 Å². The van der Waals surface area contributed by atoms with Crippen molar-refractivity contribution in [2.75, 3.05) is 12.4 Å². The zero-order chi connectivity index (χ0) is 16.6. The summed E-state index contributed by atoms with van der Waals surface area (Å²) in [7, 11) is 1.30. The average Bonchev–Trinajstić information content (AvgIpc) is 3.13. The molecule has 3 rings (SSSR count). The van der Waals surface area contributed by atoms with Crippen LogP contribution in [-0.4, -0.2) is 38.6 Å². The van der Waals surface area contributed by atoms with Crippen molar-refractivity contribution in [1.29, 1.82) is 0 Å². The molecule has 0 aliphatic rings. The molecule has 9 heteroatoms. The van der Waals surface area contributed by atoms with E-state index >= 15 is 0 Å². The fourth-order valence-corrected chi connectivity index (χ4v) is 2.87. The number of ether oxygens (including phenoxy) is 1. The summed E-state index contributed by atoms with van der Waals surface area (Å²) in [6.07, 6.45) is 0. The molecule has 0 saturated heterocycles. The van der Waals surface area contributed by atoms with Gasteiger partial charge in [-0.1, -0.05) is 0 Å². The van der Waals surface area contributed by atoms with Gasteiger partial charge in [-0.25, -0.2) is 14.3 Å². The second kappa shape index (κ2) is 5.76. The summed E-state index contributed by atoms with van der Waals surface area (Å²) in [4.78, 5) is 32.4. The lowest BCUT2D eigenvalue weighted by Crippen LogP contribution is -2.13. The van der Waals surface area contributed by atoms with Gasteiger partial charge in [0.1, 0.15) is 4.88 Å². The highest BCUT2D eigenvalue weighted by atomic mass is 32.1. The molecule has 0 aliphatic carbocycles. The molecule has 0 atom stereocenters. The molecule has 1 N–H and O–H groups in total. The van der Waals surface area contributed by atoms with Crippen molar-refractivity contribution in [3.8, 4) is 0 Å². The highest BCUT2D eigenvalue weighted by Crippen LogP contribution is 2.22. The summed E-state index contributed by atoms with van der Waals surface area (Å²) in [5, 5.41) is 7.32. The first-order chi connectivity index (χ1) is 11.0. The van der Waals surface area contributed by atoms with Crippen LogP contribution in [0.3, 0.4) is 0 Å². The zero-order valence-electron chi connectivity index (χ0n) is 12.7. The van der Waals surface area contributed by atoms with E-state index in [1.165, 1.54) is 11.6 Å². The first-order valence-electron chi connectivity index (χ1n) is 6.68. The number of thiophene rings is 1. The summed E-state index contributed by atoms with van der Waals surface area (Å²) in [6.45, 7) is 3.71. The molecule has 3 aromatic heterocycles. The normalized spacial score (nSPS) is 10.7. The van der Waals surface area contributed by atoms with Crippen molar-refractivity contribution in [2.24, 2.45) is 0 Å². The Kier molecular flexibility index (Phi) is 3.78. The molecule has 0 fully saturated rings. The smallest absolute Gasteiger partial charge is 0.348 e. The number of carbonyl (C=O) groups is 2. The summed E-state index contributed by atoms with van der Waals surface area (Å²) in [5.41, 5.74) is 1.64. The van der Waals surface area contributed by atoms with Gasteiger partial charge in [-0.15, -0.1) is 16.4 Å². The number of hydrogen-bond acceptors (Lipinski definition) is 7. The maximum Gasteiger partial charge on any atom is 0.348 e. The van der Waals surface area contributed by atoms with Crippen molar-refractivity contribution in [1.82, 2.24) is 19.6 Å². The first kappa shape index (κ1) is 15.1. The van der Waals surface area contributed by atoms with Crippen LogP contribution in [0.2, 0.25) is 0 Å². The lowest BCUT2D eigenvalue weighted by molar-refractivity contribution is 0.0606. The van der Waals surface area contributed by atoms with E-state index in [4.69, 9.17) is 0 Å². The molecule has 0 unspecified atom stereocenters. The fourth-order valence-electron chi connectivity index (χ4n) is 2.05. The number of aryl methyl sites for hydroxylation is 2. The molecule has 0 spiro atoms. The van der Waals surface area contributed by atoms with E-state index in [-0.39, 0.29) is 5.82 Å². The second-order valence-electron chi connectivity index (χ2n) is 4.80. The molecule has 0 bridgehead atoms. The summed E-state index contributed by atoms with van der Waals surface area (Å²) >= 11 is 1.12. The molecule has 1 amide bonds. The maximum absolute atomic E-state index is 12.2. The largest absolute Gasteiger partial charge is 0.465 e. The number of anilines is 1. The lowest BCUT2D eigenvalue weighted by Gasteiger charge is -1.98. The van der Waals surface area contributed by atoms with Gasteiger partial charge in [0.2, 0.25) is 5.82 Å². The number of nitrogens with one attached hydrogen (secondary N) is 1. The molecule has 0 saturated carbocycles. The summed E-state index contributed by atoms with van der Waals surface area (Å²) < 4.78 is 6.14.